The Morgan fingerprint density at radius 2 is 2.15 bits per heavy atom. The zero-order valence-electron chi connectivity index (χ0n) is 7.43. The maximum atomic E-state index is 11.0. The van der Waals surface area contributed by atoms with E-state index in [4.69, 9.17) is 5.11 Å². The molecular formula is C8H13NO4. The summed E-state index contributed by atoms with van der Waals surface area (Å²) >= 11 is 0. The molecule has 0 spiro atoms. The molecule has 1 heterocycles. The van der Waals surface area contributed by atoms with Crippen LogP contribution in [0.25, 0.3) is 0 Å². The van der Waals surface area contributed by atoms with Gasteiger partial charge in [-0.25, -0.2) is 4.79 Å². The van der Waals surface area contributed by atoms with Crippen molar-refractivity contribution < 1.29 is 19.8 Å². The molecular weight excluding hydrogens is 174 g/mol. The first-order chi connectivity index (χ1) is 6.04. The maximum Gasteiger partial charge on any atom is 0.334 e. The van der Waals surface area contributed by atoms with Gasteiger partial charge in [0.25, 0.3) is 0 Å². The summed E-state index contributed by atoms with van der Waals surface area (Å²) in [7, 11) is 0. The van der Waals surface area contributed by atoms with Crippen molar-refractivity contribution in [2.75, 3.05) is 6.54 Å². The van der Waals surface area contributed by atoms with E-state index in [-0.39, 0.29) is 5.91 Å². The van der Waals surface area contributed by atoms with Crippen LogP contribution in [0.15, 0.2) is 0 Å². The fraction of sp³-hybridized carbons (Fsp3) is 0.750. The Morgan fingerprint density at radius 3 is 2.62 bits per heavy atom. The monoisotopic (exact) mass is 187 g/mol. The van der Waals surface area contributed by atoms with Crippen LogP contribution in [-0.4, -0.2) is 45.7 Å². The largest absolute Gasteiger partial charge is 0.479 e. The van der Waals surface area contributed by atoms with Crippen molar-refractivity contribution in [3.05, 3.63) is 0 Å². The predicted molar refractivity (Wildman–Crippen MR) is 44.1 cm³/mol. The molecule has 2 atom stereocenters. The summed E-state index contributed by atoms with van der Waals surface area (Å²) < 4.78 is 0. The molecule has 1 aliphatic heterocycles. The second-order valence-corrected chi connectivity index (χ2v) is 3.21. The number of hydrogen-bond acceptors (Lipinski definition) is 3. The topological polar surface area (TPSA) is 77.8 Å². The Bertz CT molecular complexity index is 228. The Kier molecular flexibility index (Phi) is 2.87. The van der Waals surface area contributed by atoms with Gasteiger partial charge in [0, 0.05) is 13.5 Å². The average molecular weight is 187 g/mol. The minimum absolute atomic E-state index is 0.178. The predicted octanol–water partition coefficient (Wildman–Crippen LogP) is -0.557. The van der Waals surface area contributed by atoms with Gasteiger partial charge in [0.15, 0.2) is 6.10 Å². The Balaban J connectivity index is 2.68. The zero-order chi connectivity index (χ0) is 10.0. The van der Waals surface area contributed by atoms with Gasteiger partial charge in [-0.1, -0.05) is 0 Å². The van der Waals surface area contributed by atoms with Crippen molar-refractivity contribution in [2.45, 2.75) is 31.9 Å². The standard InChI is InChI=1S/C8H13NO4/c1-5(10)9-4-2-3-6(9)7(11)8(12)13/h6-7,11H,2-4H2,1H3,(H,12,13)/t6-,7?/m1/s1. The first kappa shape index (κ1) is 9.98. The van der Waals surface area contributed by atoms with Crippen LogP contribution in [-0.2, 0) is 9.59 Å². The Labute approximate surface area is 76.0 Å². The third-order valence-electron chi connectivity index (χ3n) is 2.32. The zero-order valence-corrected chi connectivity index (χ0v) is 7.43. The van der Waals surface area contributed by atoms with Crippen LogP contribution in [0.1, 0.15) is 19.8 Å². The number of aliphatic hydroxyl groups excluding tert-OH is 1. The number of amides is 1. The van der Waals surface area contributed by atoms with Crippen LogP contribution in [0.5, 0.6) is 0 Å². The van der Waals surface area contributed by atoms with Gasteiger partial charge in [-0.2, -0.15) is 0 Å². The van der Waals surface area contributed by atoms with Gasteiger partial charge in [0.1, 0.15) is 0 Å². The van der Waals surface area contributed by atoms with Gasteiger partial charge < -0.3 is 15.1 Å². The quantitative estimate of drug-likeness (QED) is 0.607. The van der Waals surface area contributed by atoms with Crippen molar-refractivity contribution in [3.8, 4) is 0 Å². The molecule has 2 N–H and O–H groups in total. The second kappa shape index (κ2) is 3.74. The summed E-state index contributed by atoms with van der Waals surface area (Å²) in [5, 5.41) is 17.8. The first-order valence-corrected chi connectivity index (χ1v) is 4.22. The number of aliphatic carboxylic acids is 1. The average Bonchev–Trinajstić information content (AvgIpc) is 2.50. The highest BCUT2D eigenvalue weighted by Crippen LogP contribution is 2.20. The van der Waals surface area contributed by atoms with Gasteiger partial charge in [0.05, 0.1) is 6.04 Å². The van der Waals surface area contributed by atoms with Gasteiger partial charge in [-0.3, -0.25) is 4.79 Å². The van der Waals surface area contributed by atoms with Crippen molar-refractivity contribution in [1.29, 1.82) is 0 Å². The molecule has 1 unspecified atom stereocenters. The summed E-state index contributed by atoms with van der Waals surface area (Å²) in [4.78, 5) is 22.9. The van der Waals surface area contributed by atoms with Crippen LogP contribution in [0.4, 0.5) is 0 Å². The number of hydrogen-bond donors (Lipinski definition) is 2. The van der Waals surface area contributed by atoms with E-state index in [1.807, 2.05) is 0 Å². The molecule has 0 aromatic heterocycles. The smallest absolute Gasteiger partial charge is 0.334 e. The number of carbonyl (C=O) groups excluding carboxylic acids is 1. The molecule has 1 fully saturated rings. The van der Waals surface area contributed by atoms with E-state index in [1.54, 1.807) is 0 Å². The molecule has 74 valence electrons. The van der Waals surface area contributed by atoms with Gasteiger partial charge >= 0.3 is 5.97 Å². The first-order valence-electron chi connectivity index (χ1n) is 4.22. The molecule has 5 heteroatoms. The Morgan fingerprint density at radius 1 is 1.54 bits per heavy atom. The lowest BCUT2D eigenvalue weighted by Crippen LogP contribution is -2.45. The summed E-state index contributed by atoms with van der Waals surface area (Å²) in [5.41, 5.74) is 0. The molecule has 0 bridgehead atoms. The molecule has 13 heavy (non-hydrogen) atoms. The summed E-state index contributed by atoms with van der Waals surface area (Å²) in [6.45, 7) is 1.93. The summed E-state index contributed by atoms with van der Waals surface area (Å²) in [5.74, 6) is -1.44. The van der Waals surface area contributed by atoms with E-state index >= 15 is 0 Å². The normalized spacial score (nSPS) is 24.5. The van der Waals surface area contributed by atoms with E-state index in [2.05, 4.69) is 0 Å². The fourth-order valence-electron chi connectivity index (χ4n) is 1.68. The lowest BCUT2D eigenvalue weighted by molar-refractivity contribution is -0.151. The molecule has 1 saturated heterocycles. The molecule has 0 saturated carbocycles. The lowest BCUT2D eigenvalue weighted by atomic mass is 10.1. The number of rotatable bonds is 2. The molecule has 0 aromatic carbocycles. The lowest BCUT2D eigenvalue weighted by Gasteiger charge is -2.25. The number of likely N-dealkylation sites (tertiary alicyclic amines) is 1. The molecule has 0 radical (unpaired) electrons. The summed E-state index contributed by atoms with van der Waals surface area (Å²) in [6, 6.07) is -0.546. The van der Waals surface area contributed by atoms with E-state index in [0.717, 1.165) is 6.42 Å². The second-order valence-electron chi connectivity index (χ2n) is 3.21. The number of carbonyl (C=O) groups is 2. The third-order valence-corrected chi connectivity index (χ3v) is 2.32. The summed E-state index contributed by atoms with van der Waals surface area (Å²) in [6.07, 6.45) is -0.131. The molecule has 1 amide bonds. The highest BCUT2D eigenvalue weighted by molar-refractivity contribution is 5.77. The van der Waals surface area contributed by atoms with E-state index in [1.165, 1.54) is 11.8 Å². The van der Waals surface area contributed by atoms with Crippen LogP contribution >= 0.6 is 0 Å². The highest BCUT2D eigenvalue weighted by Gasteiger charge is 2.35. The molecule has 1 aliphatic rings. The minimum atomic E-state index is -1.45. The number of carboxylic acids is 1. The fourth-order valence-corrected chi connectivity index (χ4v) is 1.68. The van der Waals surface area contributed by atoms with E-state index < -0.39 is 18.1 Å². The van der Waals surface area contributed by atoms with Gasteiger partial charge in [-0.15, -0.1) is 0 Å². The van der Waals surface area contributed by atoms with Crippen LogP contribution < -0.4 is 0 Å². The number of carboxylic acid groups (broad SMARTS) is 1. The highest BCUT2D eigenvalue weighted by atomic mass is 16.4. The number of nitrogens with zero attached hydrogens (tertiary/aromatic N) is 1. The molecule has 1 rings (SSSR count). The molecule has 5 nitrogen and oxygen atoms in total. The van der Waals surface area contributed by atoms with Crippen LogP contribution in [0, 0.1) is 0 Å². The van der Waals surface area contributed by atoms with Crippen LogP contribution in [0.3, 0.4) is 0 Å². The van der Waals surface area contributed by atoms with Gasteiger partial charge in [0.2, 0.25) is 5.91 Å². The van der Waals surface area contributed by atoms with Gasteiger partial charge in [-0.05, 0) is 12.8 Å². The third kappa shape index (κ3) is 1.98. The Hall–Kier alpha value is -1.10. The van der Waals surface area contributed by atoms with Crippen LogP contribution in [0.2, 0.25) is 0 Å². The molecule has 0 aliphatic carbocycles. The van der Waals surface area contributed by atoms with Crippen molar-refractivity contribution in [1.82, 2.24) is 4.90 Å². The maximum absolute atomic E-state index is 11.0. The SMILES string of the molecule is CC(=O)N1CCC[C@@H]1C(O)C(=O)O. The van der Waals surface area contributed by atoms with E-state index in [9.17, 15) is 14.7 Å². The number of aliphatic hydroxyl groups is 1. The van der Waals surface area contributed by atoms with E-state index in [0.29, 0.717) is 13.0 Å². The van der Waals surface area contributed by atoms with Crippen molar-refractivity contribution in [2.24, 2.45) is 0 Å². The van der Waals surface area contributed by atoms with Crippen molar-refractivity contribution in [3.63, 3.8) is 0 Å². The van der Waals surface area contributed by atoms with Crippen molar-refractivity contribution >= 4 is 11.9 Å². The molecule has 0 aromatic rings. The minimum Gasteiger partial charge on any atom is -0.479 e.